The number of carbonyl (C=O) groups excluding carboxylic acids is 1. The van der Waals surface area contributed by atoms with Gasteiger partial charge in [0.05, 0.1) is 0 Å². The van der Waals surface area contributed by atoms with Crippen molar-refractivity contribution >= 4 is 33.2 Å². The van der Waals surface area contributed by atoms with Crippen LogP contribution in [0.15, 0.2) is 41.0 Å². The van der Waals surface area contributed by atoms with Gasteiger partial charge in [-0.1, -0.05) is 28.9 Å². The van der Waals surface area contributed by atoms with E-state index >= 15 is 0 Å². The SMILES string of the molecule is CCCNc1ccnc(C(=O)Nc2cc(Br)ccc2C)c1. The Bertz CT molecular complexity index is 643. The molecular weight excluding hydrogens is 330 g/mol. The molecule has 2 aromatic rings. The van der Waals surface area contributed by atoms with Crippen LogP contribution in [0.1, 0.15) is 29.4 Å². The molecule has 0 radical (unpaired) electrons. The van der Waals surface area contributed by atoms with E-state index in [1.54, 1.807) is 12.3 Å². The third kappa shape index (κ3) is 4.29. The maximum absolute atomic E-state index is 12.3. The predicted octanol–water partition coefficient (Wildman–Crippen LogP) is 4.23. The molecule has 4 nitrogen and oxygen atoms in total. The van der Waals surface area contributed by atoms with Gasteiger partial charge in [0.15, 0.2) is 0 Å². The maximum Gasteiger partial charge on any atom is 0.274 e. The number of carbonyl (C=O) groups is 1. The molecule has 5 heteroatoms. The molecular formula is C16H18BrN3O. The van der Waals surface area contributed by atoms with Crippen LogP contribution in [-0.4, -0.2) is 17.4 Å². The van der Waals surface area contributed by atoms with Crippen molar-refractivity contribution in [1.29, 1.82) is 0 Å². The smallest absolute Gasteiger partial charge is 0.274 e. The summed E-state index contributed by atoms with van der Waals surface area (Å²) in [5.41, 5.74) is 3.09. The number of pyridine rings is 1. The second-order valence-electron chi connectivity index (χ2n) is 4.77. The first-order valence-electron chi connectivity index (χ1n) is 6.87. The van der Waals surface area contributed by atoms with Crippen molar-refractivity contribution in [3.05, 3.63) is 52.3 Å². The molecule has 1 aromatic heterocycles. The highest BCUT2D eigenvalue weighted by atomic mass is 79.9. The zero-order valence-electron chi connectivity index (χ0n) is 12.1. The van der Waals surface area contributed by atoms with E-state index in [2.05, 4.69) is 38.5 Å². The molecule has 2 rings (SSSR count). The fraction of sp³-hybridized carbons (Fsp3) is 0.250. The lowest BCUT2D eigenvalue weighted by atomic mass is 10.2. The minimum Gasteiger partial charge on any atom is -0.385 e. The molecule has 0 aliphatic heterocycles. The molecule has 1 amide bonds. The lowest BCUT2D eigenvalue weighted by Crippen LogP contribution is -2.15. The highest BCUT2D eigenvalue weighted by Crippen LogP contribution is 2.21. The largest absolute Gasteiger partial charge is 0.385 e. The Hall–Kier alpha value is -1.88. The number of anilines is 2. The summed E-state index contributed by atoms with van der Waals surface area (Å²) >= 11 is 3.41. The van der Waals surface area contributed by atoms with Crippen LogP contribution in [0, 0.1) is 6.92 Å². The number of hydrogen-bond donors (Lipinski definition) is 2. The quantitative estimate of drug-likeness (QED) is 0.850. The van der Waals surface area contributed by atoms with Crippen LogP contribution in [-0.2, 0) is 0 Å². The van der Waals surface area contributed by atoms with Gasteiger partial charge in [-0.05, 0) is 43.2 Å². The van der Waals surface area contributed by atoms with Crippen molar-refractivity contribution in [2.24, 2.45) is 0 Å². The van der Waals surface area contributed by atoms with E-state index in [1.807, 2.05) is 31.2 Å². The van der Waals surface area contributed by atoms with Crippen molar-refractivity contribution in [2.75, 3.05) is 17.2 Å². The number of aromatic nitrogens is 1. The van der Waals surface area contributed by atoms with E-state index in [0.29, 0.717) is 5.69 Å². The second-order valence-corrected chi connectivity index (χ2v) is 5.69. The van der Waals surface area contributed by atoms with Crippen molar-refractivity contribution in [1.82, 2.24) is 4.98 Å². The molecule has 0 unspecified atom stereocenters. The molecule has 0 atom stereocenters. The third-order valence-electron chi connectivity index (χ3n) is 3.02. The zero-order chi connectivity index (χ0) is 15.2. The third-order valence-corrected chi connectivity index (χ3v) is 3.51. The Morgan fingerprint density at radius 1 is 1.29 bits per heavy atom. The number of benzene rings is 1. The number of amides is 1. The summed E-state index contributed by atoms with van der Waals surface area (Å²) in [6.45, 7) is 4.92. The van der Waals surface area contributed by atoms with Crippen LogP contribution in [0.25, 0.3) is 0 Å². The number of nitrogens with one attached hydrogen (secondary N) is 2. The van der Waals surface area contributed by atoms with Gasteiger partial charge in [0.2, 0.25) is 0 Å². The summed E-state index contributed by atoms with van der Waals surface area (Å²) < 4.78 is 0.926. The van der Waals surface area contributed by atoms with E-state index in [9.17, 15) is 4.79 Å². The van der Waals surface area contributed by atoms with Crippen LogP contribution in [0.4, 0.5) is 11.4 Å². The standard InChI is InChI=1S/C16H18BrN3O/c1-3-7-18-13-6-8-19-15(10-13)16(21)20-14-9-12(17)5-4-11(14)2/h4-6,8-10H,3,7H2,1-2H3,(H,18,19)(H,20,21). The van der Waals surface area contributed by atoms with Crippen LogP contribution >= 0.6 is 15.9 Å². The monoisotopic (exact) mass is 347 g/mol. The van der Waals surface area contributed by atoms with Crippen molar-refractivity contribution in [2.45, 2.75) is 20.3 Å². The summed E-state index contributed by atoms with van der Waals surface area (Å²) in [6, 6.07) is 9.40. The summed E-state index contributed by atoms with van der Waals surface area (Å²) in [4.78, 5) is 16.4. The lowest BCUT2D eigenvalue weighted by molar-refractivity contribution is 0.102. The van der Waals surface area contributed by atoms with E-state index in [-0.39, 0.29) is 5.91 Å². The molecule has 0 saturated heterocycles. The molecule has 0 bridgehead atoms. The first kappa shape index (κ1) is 15.5. The summed E-state index contributed by atoms with van der Waals surface area (Å²) in [6.07, 6.45) is 2.67. The maximum atomic E-state index is 12.3. The first-order chi connectivity index (χ1) is 10.1. The molecule has 1 heterocycles. The van der Waals surface area contributed by atoms with Gasteiger partial charge in [0.25, 0.3) is 5.91 Å². The van der Waals surface area contributed by atoms with Gasteiger partial charge in [-0.3, -0.25) is 9.78 Å². The van der Waals surface area contributed by atoms with E-state index in [0.717, 1.165) is 34.4 Å². The van der Waals surface area contributed by atoms with Gasteiger partial charge < -0.3 is 10.6 Å². The van der Waals surface area contributed by atoms with Gasteiger partial charge in [-0.2, -0.15) is 0 Å². The second kappa shape index (κ2) is 7.22. The number of aryl methyl sites for hydroxylation is 1. The highest BCUT2D eigenvalue weighted by Gasteiger charge is 2.10. The minimum atomic E-state index is -0.212. The normalized spacial score (nSPS) is 10.2. The topological polar surface area (TPSA) is 54.0 Å². The fourth-order valence-corrected chi connectivity index (χ4v) is 2.21. The highest BCUT2D eigenvalue weighted by molar-refractivity contribution is 9.10. The van der Waals surface area contributed by atoms with Gasteiger partial charge in [-0.15, -0.1) is 0 Å². The molecule has 21 heavy (non-hydrogen) atoms. The van der Waals surface area contributed by atoms with Crippen molar-refractivity contribution in [3.8, 4) is 0 Å². The summed E-state index contributed by atoms with van der Waals surface area (Å²) in [5.74, 6) is -0.212. The van der Waals surface area contributed by atoms with Crippen molar-refractivity contribution < 1.29 is 4.79 Å². The van der Waals surface area contributed by atoms with Crippen LogP contribution < -0.4 is 10.6 Å². The lowest BCUT2D eigenvalue weighted by Gasteiger charge is -2.10. The molecule has 1 aromatic carbocycles. The van der Waals surface area contributed by atoms with Gasteiger partial charge in [0.1, 0.15) is 5.69 Å². The predicted molar refractivity (Wildman–Crippen MR) is 89.8 cm³/mol. The average Bonchev–Trinajstić information content (AvgIpc) is 2.49. The number of hydrogen-bond acceptors (Lipinski definition) is 3. The van der Waals surface area contributed by atoms with Gasteiger partial charge >= 0.3 is 0 Å². The van der Waals surface area contributed by atoms with Crippen LogP contribution in [0.3, 0.4) is 0 Å². The molecule has 0 aliphatic carbocycles. The number of rotatable bonds is 5. The minimum absolute atomic E-state index is 0.212. The van der Waals surface area contributed by atoms with E-state index < -0.39 is 0 Å². The van der Waals surface area contributed by atoms with E-state index in [1.165, 1.54) is 0 Å². The zero-order valence-corrected chi connectivity index (χ0v) is 13.7. The Morgan fingerprint density at radius 2 is 2.10 bits per heavy atom. The number of nitrogens with zero attached hydrogens (tertiary/aromatic N) is 1. The van der Waals surface area contributed by atoms with Crippen LogP contribution in [0.5, 0.6) is 0 Å². The Labute approximate surface area is 133 Å². The van der Waals surface area contributed by atoms with Crippen molar-refractivity contribution in [3.63, 3.8) is 0 Å². The summed E-state index contributed by atoms with van der Waals surface area (Å²) in [5, 5.41) is 6.14. The Balaban J connectivity index is 2.14. The molecule has 0 aliphatic rings. The van der Waals surface area contributed by atoms with Gasteiger partial charge in [-0.25, -0.2) is 0 Å². The molecule has 0 spiro atoms. The number of halogens is 1. The first-order valence-corrected chi connectivity index (χ1v) is 7.67. The molecule has 0 fully saturated rings. The molecule has 2 N–H and O–H groups in total. The average molecular weight is 348 g/mol. The summed E-state index contributed by atoms with van der Waals surface area (Å²) in [7, 11) is 0. The fourth-order valence-electron chi connectivity index (χ4n) is 1.85. The molecule has 110 valence electrons. The Morgan fingerprint density at radius 3 is 2.86 bits per heavy atom. The molecule has 0 saturated carbocycles. The van der Waals surface area contributed by atoms with Crippen LogP contribution in [0.2, 0.25) is 0 Å². The van der Waals surface area contributed by atoms with E-state index in [4.69, 9.17) is 0 Å². The van der Waals surface area contributed by atoms with Gasteiger partial charge in [0, 0.05) is 28.6 Å². The Kier molecular flexibility index (Phi) is 5.33.